The Morgan fingerprint density at radius 2 is 0.812 bits per heavy atom. The van der Waals surface area contributed by atoms with Gasteiger partial charge in [-0.25, -0.2) is 0 Å². The number of hydrogen-bond donors (Lipinski definition) is 2. The summed E-state index contributed by atoms with van der Waals surface area (Å²) in [6, 6.07) is 0. The average molecular weight is 459 g/mol. The molecule has 0 aliphatic carbocycles. The Balaban J connectivity index is 3.77. The molecule has 2 N–H and O–H groups in total. The van der Waals surface area contributed by atoms with E-state index in [0.29, 0.717) is 13.2 Å². The fourth-order valence-electron chi connectivity index (χ4n) is 4.18. The highest BCUT2D eigenvalue weighted by atomic mass is 16.7. The number of aliphatic hydroxyl groups excluding tert-OH is 2. The smallest absolute Gasteiger partial charge is 0.218 e. The third-order valence-electron chi connectivity index (χ3n) is 6.55. The van der Waals surface area contributed by atoms with Crippen molar-refractivity contribution >= 4 is 0 Å². The average Bonchev–Trinajstić information content (AvgIpc) is 2.79. The fraction of sp³-hybridized carbons (Fsp3) is 1.00. The van der Waals surface area contributed by atoms with Crippen LogP contribution in [0.3, 0.4) is 0 Å². The van der Waals surface area contributed by atoms with Crippen LogP contribution in [0.15, 0.2) is 0 Å². The summed E-state index contributed by atoms with van der Waals surface area (Å²) in [5.74, 6) is -1.27. The van der Waals surface area contributed by atoms with Crippen LogP contribution in [0, 0.1) is 0 Å². The molecular formula is C28H58O4. The second-order valence-corrected chi connectivity index (χ2v) is 9.71. The summed E-state index contributed by atoms with van der Waals surface area (Å²) in [5, 5.41) is 20.0. The van der Waals surface area contributed by atoms with Crippen molar-refractivity contribution in [2.45, 2.75) is 161 Å². The SMILES string of the molecule is CCCCCCCCCCCCOC(CO)(OCCCCCCCCCCCC)C(C)O. The van der Waals surface area contributed by atoms with E-state index in [0.717, 1.165) is 25.7 Å². The lowest BCUT2D eigenvalue weighted by Crippen LogP contribution is -2.49. The van der Waals surface area contributed by atoms with E-state index in [1.165, 1.54) is 103 Å². The lowest BCUT2D eigenvalue weighted by molar-refractivity contribution is -0.295. The van der Waals surface area contributed by atoms with Gasteiger partial charge in [-0.2, -0.15) is 0 Å². The minimum atomic E-state index is -1.27. The number of unbranched alkanes of at least 4 members (excludes halogenated alkanes) is 18. The van der Waals surface area contributed by atoms with Crippen LogP contribution in [-0.4, -0.2) is 41.9 Å². The minimum absolute atomic E-state index is 0.305. The van der Waals surface area contributed by atoms with Gasteiger partial charge in [0.05, 0.1) is 19.8 Å². The monoisotopic (exact) mass is 458 g/mol. The van der Waals surface area contributed by atoms with Gasteiger partial charge < -0.3 is 19.7 Å². The third kappa shape index (κ3) is 18.3. The molecule has 0 aromatic heterocycles. The molecule has 0 saturated carbocycles. The molecule has 0 bridgehead atoms. The Morgan fingerprint density at radius 1 is 0.531 bits per heavy atom. The van der Waals surface area contributed by atoms with Crippen molar-refractivity contribution in [1.82, 2.24) is 0 Å². The van der Waals surface area contributed by atoms with E-state index in [1.54, 1.807) is 6.92 Å². The van der Waals surface area contributed by atoms with Crippen molar-refractivity contribution < 1.29 is 19.7 Å². The highest BCUT2D eigenvalue weighted by Gasteiger charge is 2.37. The molecule has 1 atom stereocenters. The van der Waals surface area contributed by atoms with Crippen LogP contribution in [0.5, 0.6) is 0 Å². The molecule has 0 radical (unpaired) electrons. The molecule has 0 aromatic rings. The quantitative estimate of drug-likeness (QED) is 0.102. The van der Waals surface area contributed by atoms with Crippen LogP contribution in [-0.2, 0) is 9.47 Å². The maximum absolute atomic E-state index is 10.2. The van der Waals surface area contributed by atoms with E-state index in [9.17, 15) is 10.2 Å². The van der Waals surface area contributed by atoms with Crippen molar-refractivity contribution in [3.8, 4) is 0 Å². The van der Waals surface area contributed by atoms with Crippen LogP contribution in [0.2, 0.25) is 0 Å². The van der Waals surface area contributed by atoms with Gasteiger partial charge in [0.1, 0.15) is 6.10 Å². The van der Waals surface area contributed by atoms with Crippen LogP contribution in [0.4, 0.5) is 0 Å². The van der Waals surface area contributed by atoms with Gasteiger partial charge in [-0.1, -0.05) is 129 Å². The Morgan fingerprint density at radius 3 is 1.06 bits per heavy atom. The molecule has 0 rings (SSSR count). The Bertz CT molecular complexity index is 333. The first kappa shape index (κ1) is 31.8. The predicted octanol–water partition coefficient (Wildman–Crippen LogP) is 7.93. The van der Waals surface area contributed by atoms with Crippen LogP contribution in [0.1, 0.15) is 149 Å². The summed E-state index contributed by atoms with van der Waals surface area (Å²) in [6.07, 6.45) is 24.6. The molecule has 0 spiro atoms. The standard InChI is InChI=1S/C28H58O4/c1-4-6-8-10-12-14-16-18-20-22-24-31-28(26-29,27(3)30)32-25-23-21-19-17-15-13-11-9-7-5-2/h27,29-30H,4-26H2,1-3H3. The molecule has 194 valence electrons. The Hall–Kier alpha value is -0.160. The molecule has 1 unspecified atom stereocenters. The Kier molecular flexibility index (Phi) is 23.9. The van der Waals surface area contributed by atoms with Crippen LogP contribution < -0.4 is 0 Å². The van der Waals surface area contributed by atoms with Gasteiger partial charge >= 0.3 is 0 Å². The number of rotatable bonds is 26. The first-order valence-corrected chi connectivity index (χ1v) is 14.2. The molecule has 0 saturated heterocycles. The van der Waals surface area contributed by atoms with Gasteiger partial charge in [0, 0.05) is 0 Å². The summed E-state index contributed by atoms with van der Waals surface area (Å²) >= 11 is 0. The van der Waals surface area contributed by atoms with Gasteiger partial charge in [0.15, 0.2) is 0 Å². The van der Waals surface area contributed by atoms with Crippen molar-refractivity contribution in [2.75, 3.05) is 19.8 Å². The molecule has 0 aliphatic heterocycles. The summed E-state index contributed by atoms with van der Waals surface area (Å²) in [7, 11) is 0. The van der Waals surface area contributed by atoms with Gasteiger partial charge in [-0.15, -0.1) is 0 Å². The van der Waals surface area contributed by atoms with Crippen LogP contribution >= 0.6 is 0 Å². The molecule has 4 nitrogen and oxygen atoms in total. The second kappa shape index (κ2) is 24.0. The number of aliphatic hydroxyl groups is 2. The highest BCUT2D eigenvalue weighted by molar-refractivity contribution is 4.75. The third-order valence-corrected chi connectivity index (χ3v) is 6.55. The topological polar surface area (TPSA) is 58.9 Å². The van der Waals surface area contributed by atoms with E-state index in [-0.39, 0.29) is 6.61 Å². The molecule has 32 heavy (non-hydrogen) atoms. The molecular weight excluding hydrogens is 400 g/mol. The fourth-order valence-corrected chi connectivity index (χ4v) is 4.18. The zero-order valence-corrected chi connectivity index (χ0v) is 22.1. The van der Waals surface area contributed by atoms with Crippen molar-refractivity contribution in [3.63, 3.8) is 0 Å². The molecule has 0 amide bonds. The van der Waals surface area contributed by atoms with E-state index < -0.39 is 11.9 Å². The zero-order valence-electron chi connectivity index (χ0n) is 22.1. The molecule has 0 aromatic carbocycles. The maximum Gasteiger partial charge on any atom is 0.218 e. The number of hydrogen-bond acceptors (Lipinski definition) is 4. The predicted molar refractivity (Wildman–Crippen MR) is 137 cm³/mol. The zero-order chi connectivity index (χ0) is 23.8. The molecule has 4 heteroatoms. The highest BCUT2D eigenvalue weighted by Crippen LogP contribution is 2.21. The summed E-state index contributed by atoms with van der Waals surface area (Å²) in [6.45, 7) is 6.91. The van der Waals surface area contributed by atoms with Gasteiger partial charge in [0.2, 0.25) is 5.79 Å². The molecule has 0 aliphatic rings. The largest absolute Gasteiger partial charge is 0.391 e. The minimum Gasteiger partial charge on any atom is -0.391 e. The van der Waals surface area contributed by atoms with Crippen LogP contribution in [0.25, 0.3) is 0 Å². The number of ether oxygens (including phenoxy) is 2. The summed E-state index contributed by atoms with van der Waals surface area (Å²) in [4.78, 5) is 0. The molecule has 0 heterocycles. The normalized spacial score (nSPS) is 13.0. The van der Waals surface area contributed by atoms with Crippen molar-refractivity contribution in [1.29, 1.82) is 0 Å². The maximum atomic E-state index is 10.2. The van der Waals surface area contributed by atoms with Gasteiger partial charge in [-0.05, 0) is 19.8 Å². The first-order chi connectivity index (χ1) is 15.6. The van der Waals surface area contributed by atoms with Crippen molar-refractivity contribution in [2.24, 2.45) is 0 Å². The Labute approximate surface area is 200 Å². The van der Waals surface area contributed by atoms with Gasteiger partial charge in [0.25, 0.3) is 0 Å². The van der Waals surface area contributed by atoms with E-state index >= 15 is 0 Å². The van der Waals surface area contributed by atoms with Gasteiger partial charge in [-0.3, -0.25) is 0 Å². The molecule has 0 fully saturated rings. The summed E-state index contributed by atoms with van der Waals surface area (Å²) in [5.41, 5.74) is 0. The van der Waals surface area contributed by atoms with E-state index in [4.69, 9.17) is 9.47 Å². The lowest BCUT2D eigenvalue weighted by Gasteiger charge is -2.34. The summed E-state index contributed by atoms with van der Waals surface area (Å²) < 4.78 is 11.8. The first-order valence-electron chi connectivity index (χ1n) is 14.2. The van der Waals surface area contributed by atoms with E-state index in [2.05, 4.69) is 13.8 Å². The van der Waals surface area contributed by atoms with Crippen molar-refractivity contribution in [3.05, 3.63) is 0 Å². The second-order valence-electron chi connectivity index (χ2n) is 9.71. The van der Waals surface area contributed by atoms with E-state index in [1.807, 2.05) is 0 Å². The lowest BCUT2D eigenvalue weighted by atomic mass is 10.1.